The average molecular weight is 400 g/mol. The van der Waals surface area contributed by atoms with Crippen molar-refractivity contribution in [2.24, 2.45) is 10.2 Å². The van der Waals surface area contributed by atoms with Crippen LogP contribution in [-0.2, 0) is 0 Å². The molecule has 31 heavy (non-hydrogen) atoms. The summed E-state index contributed by atoms with van der Waals surface area (Å²) in [5.74, 6) is 0. The van der Waals surface area contributed by atoms with Gasteiger partial charge in [0.2, 0.25) is 5.71 Å². The fraction of sp³-hybridized carbons (Fsp3) is 0.0741. The van der Waals surface area contributed by atoms with Crippen molar-refractivity contribution in [1.29, 1.82) is 0 Å². The van der Waals surface area contributed by atoms with Crippen molar-refractivity contribution in [1.82, 2.24) is 0 Å². The molecule has 0 spiro atoms. The summed E-state index contributed by atoms with van der Waals surface area (Å²) in [5, 5.41) is 11.2. The van der Waals surface area contributed by atoms with Crippen LogP contribution in [0.5, 0.6) is 0 Å². The van der Waals surface area contributed by atoms with Crippen LogP contribution in [0, 0.1) is 0 Å². The van der Waals surface area contributed by atoms with Crippen molar-refractivity contribution in [3.05, 3.63) is 105 Å². The lowest BCUT2D eigenvalue weighted by molar-refractivity contribution is -0.352. The molecule has 0 saturated heterocycles. The lowest BCUT2D eigenvalue weighted by atomic mass is 9.90. The van der Waals surface area contributed by atoms with E-state index in [4.69, 9.17) is 5.43 Å². The fourth-order valence-corrected chi connectivity index (χ4v) is 4.62. The van der Waals surface area contributed by atoms with E-state index in [9.17, 15) is 0 Å². The molecule has 0 saturated carbocycles. The zero-order chi connectivity index (χ0) is 20.9. The van der Waals surface area contributed by atoms with Crippen LogP contribution in [0.1, 0.15) is 25.0 Å². The van der Waals surface area contributed by atoms with E-state index in [0.717, 1.165) is 33.1 Å². The predicted molar refractivity (Wildman–Crippen MR) is 127 cm³/mol. The van der Waals surface area contributed by atoms with Gasteiger partial charge in [0.05, 0.1) is 11.3 Å². The second kappa shape index (κ2) is 6.74. The van der Waals surface area contributed by atoms with Crippen LogP contribution >= 0.6 is 0 Å². The molecule has 1 aliphatic carbocycles. The van der Waals surface area contributed by atoms with E-state index >= 15 is 0 Å². The van der Waals surface area contributed by atoms with Gasteiger partial charge in [-0.2, -0.15) is 5.10 Å². The van der Waals surface area contributed by atoms with Crippen LogP contribution in [0.4, 0.5) is 0 Å². The lowest BCUT2D eigenvalue weighted by Crippen LogP contribution is -2.35. The summed E-state index contributed by atoms with van der Waals surface area (Å²) in [6.07, 6.45) is 3.99. The summed E-state index contributed by atoms with van der Waals surface area (Å²) in [4.78, 5) is 0. The molecule has 2 aliphatic heterocycles. The first-order valence-corrected chi connectivity index (χ1v) is 10.4. The van der Waals surface area contributed by atoms with Crippen molar-refractivity contribution in [2.75, 3.05) is 0 Å². The molecule has 0 aromatic heterocycles. The number of fused-ring (bicyclic) bond motifs is 4. The normalized spacial score (nSPS) is 18.6. The Morgan fingerprint density at radius 2 is 1.16 bits per heavy atom. The van der Waals surface area contributed by atoms with Crippen LogP contribution in [0.2, 0.25) is 0 Å². The van der Waals surface area contributed by atoms with E-state index in [-0.39, 0.29) is 0 Å². The quantitative estimate of drug-likeness (QED) is 0.396. The number of hydrogen-bond acceptors (Lipinski definition) is 2. The number of allylic oxidation sites excluding steroid dienone is 1. The minimum Gasteiger partial charge on any atom is -0.411 e. The Hall–Kier alpha value is -4.05. The minimum absolute atomic E-state index is 0.850. The summed E-state index contributed by atoms with van der Waals surface area (Å²) in [7, 11) is 0. The van der Waals surface area contributed by atoms with Crippen molar-refractivity contribution in [2.45, 2.75) is 13.8 Å². The van der Waals surface area contributed by atoms with Gasteiger partial charge in [-0.05, 0) is 47.4 Å². The van der Waals surface area contributed by atoms with Gasteiger partial charge < -0.3 is 5.43 Å². The van der Waals surface area contributed by atoms with Gasteiger partial charge in [-0.3, -0.25) is 0 Å². The summed E-state index contributed by atoms with van der Waals surface area (Å²) >= 11 is 0. The van der Waals surface area contributed by atoms with Gasteiger partial charge >= 0.3 is 0 Å². The topological polar surface area (TPSA) is 41.8 Å². The highest BCUT2D eigenvalue weighted by Gasteiger charge is 2.34. The van der Waals surface area contributed by atoms with E-state index in [0.29, 0.717) is 0 Å². The van der Waals surface area contributed by atoms with E-state index in [2.05, 4.69) is 83.1 Å². The molecule has 0 unspecified atom stereocenters. The minimum atomic E-state index is 0.850. The van der Waals surface area contributed by atoms with Crippen molar-refractivity contribution >= 4 is 35.1 Å². The summed E-state index contributed by atoms with van der Waals surface area (Å²) in [5.41, 5.74) is 14.7. The van der Waals surface area contributed by atoms with Gasteiger partial charge in [-0.25, -0.2) is 4.68 Å². The Kier molecular flexibility index (Phi) is 3.87. The van der Waals surface area contributed by atoms with E-state index < -0.39 is 0 Å². The Balaban J connectivity index is 1.72. The van der Waals surface area contributed by atoms with Gasteiger partial charge in [0.1, 0.15) is 5.71 Å². The molecule has 0 fully saturated rings. The first-order chi connectivity index (χ1) is 15.2. The molecule has 0 radical (unpaired) electrons. The third-order valence-corrected chi connectivity index (χ3v) is 6.03. The molecule has 0 bridgehead atoms. The van der Waals surface area contributed by atoms with Crippen LogP contribution < -0.4 is 10.4 Å². The molecule has 0 atom stereocenters. The zero-order valence-corrected chi connectivity index (χ0v) is 17.4. The molecule has 3 aromatic rings. The average Bonchev–Trinajstić information content (AvgIpc) is 3.14. The molecule has 4 nitrogen and oxygen atoms in total. The number of hydrogen-bond donors (Lipinski definition) is 0. The largest absolute Gasteiger partial charge is 0.411 e. The van der Waals surface area contributed by atoms with Gasteiger partial charge in [0, 0.05) is 10.8 Å². The Morgan fingerprint density at radius 3 is 1.84 bits per heavy atom. The number of rotatable bonds is 0. The maximum absolute atomic E-state index is 4.76. The highest BCUT2D eigenvalue weighted by atomic mass is 15.4. The van der Waals surface area contributed by atoms with E-state index in [1.807, 2.05) is 30.8 Å². The smallest absolute Gasteiger partial charge is 0.234 e. The SMILES string of the molecule is CC1=NN=C(C)/C(=[N+]2\C=c3ccccc3=C[N-]2)C1=C1c2ccccc2-c2ccccc21. The molecule has 3 aliphatic rings. The van der Waals surface area contributed by atoms with Crippen LogP contribution in [0.25, 0.3) is 34.5 Å². The zero-order valence-electron chi connectivity index (χ0n) is 17.4. The number of benzene rings is 3. The Bertz CT molecular complexity index is 1470. The van der Waals surface area contributed by atoms with E-state index in [1.54, 1.807) is 0 Å². The van der Waals surface area contributed by atoms with Crippen molar-refractivity contribution in [3.63, 3.8) is 0 Å². The van der Waals surface area contributed by atoms with E-state index in [1.165, 1.54) is 27.8 Å². The lowest BCUT2D eigenvalue weighted by Gasteiger charge is -2.22. The summed E-state index contributed by atoms with van der Waals surface area (Å²) in [6, 6.07) is 25.4. The highest BCUT2D eigenvalue weighted by Crippen LogP contribution is 2.46. The summed E-state index contributed by atoms with van der Waals surface area (Å²) in [6.45, 7) is 4.03. The van der Waals surface area contributed by atoms with Gasteiger partial charge in [0.15, 0.2) is 6.20 Å². The van der Waals surface area contributed by atoms with Crippen LogP contribution in [-0.4, -0.2) is 21.8 Å². The monoisotopic (exact) mass is 400 g/mol. The van der Waals surface area contributed by atoms with Crippen molar-refractivity contribution in [3.8, 4) is 11.1 Å². The molecule has 2 heterocycles. The van der Waals surface area contributed by atoms with Gasteiger partial charge in [-0.1, -0.05) is 66.7 Å². The molecular formula is C27H20N4. The predicted octanol–water partition coefficient (Wildman–Crippen LogP) is 4.25. The molecule has 4 heteroatoms. The van der Waals surface area contributed by atoms with Crippen LogP contribution in [0.3, 0.4) is 0 Å². The summed E-state index contributed by atoms with van der Waals surface area (Å²) < 4.78 is 1.95. The molecule has 6 rings (SSSR count). The molecule has 3 aromatic carbocycles. The molecule has 0 amide bonds. The first kappa shape index (κ1) is 17.8. The maximum Gasteiger partial charge on any atom is 0.234 e. The molecule has 148 valence electrons. The number of nitrogens with zero attached hydrogens (tertiary/aromatic N) is 4. The third-order valence-electron chi connectivity index (χ3n) is 6.03. The van der Waals surface area contributed by atoms with Gasteiger partial charge in [0.25, 0.3) is 0 Å². The second-order valence-electron chi connectivity index (χ2n) is 7.91. The maximum atomic E-state index is 4.76. The molecular weight excluding hydrogens is 380 g/mol. The Labute approximate surface area is 180 Å². The van der Waals surface area contributed by atoms with Crippen LogP contribution in [0.15, 0.2) is 88.6 Å². The fourth-order valence-electron chi connectivity index (χ4n) is 4.62. The Morgan fingerprint density at radius 1 is 0.613 bits per heavy atom. The van der Waals surface area contributed by atoms with Crippen molar-refractivity contribution < 1.29 is 4.68 Å². The second-order valence-corrected chi connectivity index (χ2v) is 7.91. The standard InChI is InChI=1S/C27H20N4/c1-17-25(26-23-13-7-5-11-21(23)22-12-6-8-14-24(22)26)27(18(2)30-29-17)31-16-20-10-4-3-9-19(20)15-28-31/h3-16H,1-2H3/b31-27-. The first-order valence-electron chi connectivity index (χ1n) is 10.4. The van der Waals surface area contributed by atoms with Gasteiger partial charge in [-0.15, -0.1) is 11.3 Å². The molecule has 0 N–H and O–H groups in total. The third kappa shape index (κ3) is 2.65. The highest BCUT2D eigenvalue weighted by molar-refractivity contribution is 6.55.